The van der Waals surface area contributed by atoms with Crippen molar-refractivity contribution in [2.24, 2.45) is 0 Å². The fourth-order valence-corrected chi connectivity index (χ4v) is 2.12. The maximum absolute atomic E-state index is 10.9. The summed E-state index contributed by atoms with van der Waals surface area (Å²) in [6, 6.07) is 1.65. The summed E-state index contributed by atoms with van der Waals surface area (Å²) in [5.41, 5.74) is -0.378. The van der Waals surface area contributed by atoms with Gasteiger partial charge in [-0.3, -0.25) is 0 Å². The third-order valence-electron chi connectivity index (χ3n) is 1.54. The molecule has 0 aliphatic heterocycles. The number of phenols is 1. The fraction of sp³-hybridized carbons (Fsp3) is 0. The van der Waals surface area contributed by atoms with E-state index in [1.165, 1.54) is 0 Å². The van der Waals surface area contributed by atoms with E-state index in [4.69, 9.17) is 27.4 Å². The van der Waals surface area contributed by atoms with Crippen molar-refractivity contribution in [2.45, 2.75) is 4.90 Å². The molecule has 0 bridgehead atoms. The van der Waals surface area contributed by atoms with Crippen LogP contribution in [0.4, 0.5) is 0 Å². The first kappa shape index (κ1) is 12.1. The molecule has 15 heavy (non-hydrogen) atoms. The number of aromatic hydroxyl groups is 1. The molecule has 0 aliphatic rings. The number of hydrogen-bond donors (Lipinski definition) is 2. The van der Waals surface area contributed by atoms with Crippen LogP contribution in [0.3, 0.4) is 0 Å². The normalized spacial score (nSPS) is 11.3. The highest BCUT2D eigenvalue weighted by molar-refractivity contribution is 8.13. The van der Waals surface area contributed by atoms with Gasteiger partial charge in [0.1, 0.15) is 4.90 Å². The molecule has 1 aromatic carbocycles. The van der Waals surface area contributed by atoms with Crippen LogP contribution in [0.25, 0.3) is 0 Å². The van der Waals surface area contributed by atoms with E-state index in [0.29, 0.717) is 0 Å². The molecule has 1 aromatic rings. The van der Waals surface area contributed by atoms with Crippen LogP contribution in [0.15, 0.2) is 17.0 Å². The topological polar surface area (TPSA) is 91.7 Å². The summed E-state index contributed by atoms with van der Waals surface area (Å²) in [4.78, 5) is 9.84. The van der Waals surface area contributed by atoms with E-state index in [2.05, 4.69) is 0 Å². The summed E-state index contributed by atoms with van der Waals surface area (Å²) >= 11 is 5.43. The molecule has 1 rings (SSSR count). The van der Waals surface area contributed by atoms with Crippen molar-refractivity contribution in [3.63, 3.8) is 0 Å². The predicted molar refractivity (Wildman–Crippen MR) is 53.1 cm³/mol. The molecule has 0 radical (unpaired) electrons. The molecule has 0 saturated heterocycles. The van der Waals surface area contributed by atoms with Crippen molar-refractivity contribution >= 4 is 37.3 Å². The zero-order chi connectivity index (χ0) is 11.8. The lowest BCUT2D eigenvalue weighted by Crippen LogP contribution is -2.00. The van der Waals surface area contributed by atoms with Crippen LogP contribution in [0, 0.1) is 0 Å². The highest BCUT2D eigenvalue weighted by Gasteiger charge is 2.21. The van der Waals surface area contributed by atoms with Crippen molar-refractivity contribution in [3.8, 4) is 5.75 Å². The second-order valence-electron chi connectivity index (χ2n) is 2.55. The number of hydrogen-bond acceptors (Lipinski definition) is 4. The molecular formula is C7H4Cl2O5S. The van der Waals surface area contributed by atoms with Crippen LogP contribution in [0.5, 0.6) is 5.75 Å². The molecule has 8 heteroatoms. The number of carbonyl (C=O) groups is 1. The first-order valence-corrected chi connectivity index (χ1v) is 6.12. The lowest BCUT2D eigenvalue weighted by Gasteiger charge is -2.04. The molecule has 0 aromatic heterocycles. The highest BCUT2D eigenvalue weighted by Crippen LogP contribution is 2.34. The molecule has 0 spiro atoms. The van der Waals surface area contributed by atoms with Crippen molar-refractivity contribution in [1.82, 2.24) is 0 Å². The molecule has 82 valence electrons. The Morgan fingerprint density at radius 3 is 2.27 bits per heavy atom. The Hall–Kier alpha value is -0.980. The number of benzene rings is 1. The average molecular weight is 271 g/mol. The summed E-state index contributed by atoms with van der Waals surface area (Å²) in [6.45, 7) is 0. The second-order valence-corrected chi connectivity index (χ2v) is 5.49. The number of halogens is 2. The third-order valence-corrected chi connectivity index (χ3v) is 3.16. The van der Waals surface area contributed by atoms with E-state index >= 15 is 0 Å². The van der Waals surface area contributed by atoms with E-state index in [1.54, 1.807) is 0 Å². The molecule has 0 heterocycles. The van der Waals surface area contributed by atoms with Gasteiger partial charge in [0, 0.05) is 10.7 Å². The summed E-state index contributed by atoms with van der Waals surface area (Å²) in [5.74, 6) is -2.14. The van der Waals surface area contributed by atoms with E-state index < -0.39 is 30.7 Å². The van der Waals surface area contributed by atoms with Gasteiger partial charge >= 0.3 is 5.97 Å². The van der Waals surface area contributed by atoms with Crippen LogP contribution in [0.1, 0.15) is 10.4 Å². The summed E-state index contributed by atoms with van der Waals surface area (Å²) < 4.78 is 21.9. The summed E-state index contributed by atoms with van der Waals surface area (Å²) in [5, 5.41) is 17.5. The molecular weight excluding hydrogens is 267 g/mol. The van der Waals surface area contributed by atoms with Crippen LogP contribution < -0.4 is 0 Å². The van der Waals surface area contributed by atoms with Gasteiger partial charge in [0.05, 0.1) is 10.6 Å². The SMILES string of the molecule is O=C(O)c1cc(Cl)c(O)c(S(=O)(=O)Cl)c1. The van der Waals surface area contributed by atoms with Gasteiger partial charge < -0.3 is 10.2 Å². The van der Waals surface area contributed by atoms with Crippen molar-refractivity contribution < 1.29 is 23.4 Å². The van der Waals surface area contributed by atoms with Crippen molar-refractivity contribution in [1.29, 1.82) is 0 Å². The van der Waals surface area contributed by atoms with Gasteiger partial charge in [-0.25, -0.2) is 13.2 Å². The minimum absolute atomic E-state index is 0.378. The predicted octanol–water partition coefficient (Wildman–Crippen LogP) is 1.67. The Morgan fingerprint density at radius 2 is 1.87 bits per heavy atom. The minimum Gasteiger partial charge on any atom is -0.505 e. The van der Waals surface area contributed by atoms with Gasteiger partial charge in [-0.1, -0.05) is 11.6 Å². The largest absolute Gasteiger partial charge is 0.505 e. The average Bonchev–Trinajstić information content (AvgIpc) is 2.06. The van der Waals surface area contributed by atoms with Crippen LogP contribution in [-0.4, -0.2) is 24.6 Å². The number of phenolic OH excluding ortho intramolecular Hbond substituents is 1. The minimum atomic E-state index is -4.24. The molecule has 0 fully saturated rings. The number of rotatable bonds is 2. The quantitative estimate of drug-likeness (QED) is 0.798. The maximum atomic E-state index is 10.9. The Labute approximate surface area is 94.3 Å². The Bertz CT molecular complexity index is 522. The zero-order valence-corrected chi connectivity index (χ0v) is 9.27. The molecule has 0 aliphatic carbocycles. The van der Waals surface area contributed by atoms with Gasteiger partial charge in [0.15, 0.2) is 5.75 Å². The number of carboxylic acid groups (broad SMARTS) is 1. The smallest absolute Gasteiger partial charge is 0.335 e. The van der Waals surface area contributed by atoms with E-state index in [0.717, 1.165) is 12.1 Å². The highest BCUT2D eigenvalue weighted by atomic mass is 35.7. The molecule has 0 unspecified atom stereocenters. The molecule has 0 atom stereocenters. The molecule has 5 nitrogen and oxygen atoms in total. The Morgan fingerprint density at radius 1 is 1.33 bits per heavy atom. The van der Waals surface area contributed by atoms with E-state index in [1.807, 2.05) is 0 Å². The van der Waals surface area contributed by atoms with Gasteiger partial charge in [0.2, 0.25) is 0 Å². The maximum Gasteiger partial charge on any atom is 0.335 e. The van der Waals surface area contributed by atoms with E-state index in [9.17, 15) is 18.3 Å². The Kier molecular flexibility index (Phi) is 3.13. The van der Waals surface area contributed by atoms with Gasteiger partial charge in [-0.2, -0.15) is 0 Å². The van der Waals surface area contributed by atoms with Gasteiger partial charge in [0.25, 0.3) is 9.05 Å². The number of aromatic carboxylic acids is 1. The zero-order valence-electron chi connectivity index (χ0n) is 6.94. The number of carboxylic acids is 1. The second kappa shape index (κ2) is 3.88. The lowest BCUT2D eigenvalue weighted by molar-refractivity contribution is 0.0696. The lowest BCUT2D eigenvalue weighted by atomic mass is 10.2. The van der Waals surface area contributed by atoms with E-state index in [-0.39, 0.29) is 5.56 Å². The first-order chi connectivity index (χ1) is 6.73. The summed E-state index contributed by atoms with van der Waals surface area (Å²) in [7, 11) is 0.736. The van der Waals surface area contributed by atoms with Crippen molar-refractivity contribution in [3.05, 3.63) is 22.7 Å². The fourth-order valence-electron chi connectivity index (χ4n) is 0.883. The van der Waals surface area contributed by atoms with Crippen LogP contribution in [0.2, 0.25) is 5.02 Å². The molecule has 2 N–H and O–H groups in total. The monoisotopic (exact) mass is 270 g/mol. The first-order valence-electron chi connectivity index (χ1n) is 3.44. The van der Waals surface area contributed by atoms with Gasteiger partial charge in [-0.15, -0.1) is 0 Å². The van der Waals surface area contributed by atoms with Crippen molar-refractivity contribution in [2.75, 3.05) is 0 Å². The van der Waals surface area contributed by atoms with Gasteiger partial charge in [-0.05, 0) is 12.1 Å². The molecule has 0 amide bonds. The molecule has 0 saturated carbocycles. The standard InChI is InChI=1S/C7H4Cl2O5S/c8-4-1-3(7(11)12)2-5(6(4)10)15(9,13)14/h1-2,10H,(H,11,12). The Balaban J connectivity index is 3.59. The van der Waals surface area contributed by atoms with Crippen LogP contribution >= 0.6 is 22.3 Å². The van der Waals surface area contributed by atoms with Crippen LogP contribution in [-0.2, 0) is 9.05 Å². The third kappa shape index (κ3) is 2.53. The summed E-state index contributed by atoms with van der Waals surface area (Å²) in [6.07, 6.45) is 0.